The molecule has 288 valence electrons. The molecule has 11 rings (SSSR count). The van der Waals surface area contributed by atoms with Crippen molar-refractivity contribution < 1.29 is 4.42 Å². The summed E-state index contributed by atoms with van der Waals surface area (Å²) in [6.07, 6.45) is 5.76. The first-order valence-corrected chi connectivity index (χ1v) is 21.2. The first-order chi connectivity index (χ1) is 28.8. The van der Waals surface area contributed by atoms with E-state index in [2.05, 4.69) is 179 Å². The standard InChI is InChI=1S/C55H47N3O/c1-34(38-30-31-49-42(33-38)39-22-11-16-29-48(39)59-49)32-41-35(2)55(45-26-14-12-24-43(45)54(3,4)44-25-13-15-27-46(44)55)47-28-17-23-40(50(41)47)53-57-51(36-18-7-5-8-19-36)56-52(58-53)37-20-9-6-10-21-37/h5-16,18-22,24-27,29-33,40,47,50H,17,23,28H2,1-4H3/b34-32+. The molecule has 8 aromatic rings. The Morgan fingerprint density at radius 2 is 1.17 bits per heavy atom. The molecule has 59 heavy (non-hydrogen) atoms. The van der Waals surface area contributed by atoms with Gasteiger partial charge in [-0.15, -0.1) is 0 Å². The average molecular weight is 766 g/mol. The molecule has 1 spiro atoms. The second-order valence-corrected chi connectivity index (χ2v) is 17.5. The number of aromatic nitrogens is 3. The first kappa shape index (κ1) is 35.7. The minimum Gasteiger partial charge on any atom is -0.456 e. The van der Waals surface area contributed by atoms with Crippen LogP contribution in [0.4, 0.5) is 0 Å². The molecule has 1 saturated carbocycles. The number of nitrogens with zero attached hydrogens (tertiary/aromatic N) is 3. The van der Waals surface area contributed by atoms with Gasteiger partial charge >= 0.3 is 0 Å². The summed E-state index contributed by atoms with van der Waals surface area (Å²) < 4.78 is 6.27. The minimum absolute atomic E-state index is 0.0876. The number of furan rings is 1. The highest BCUT2D eigenvalue weighted by Crippen LogP contribution is 2.67. The second kappa shape index (κ2) is 13.6. The van der Waals surface area contributed by atoms with Crippen LogP contribution in [0.2, 0.25) is 0 Å². The molecule has 3 unspecified atom stereocenters. The molecule has 3 atom stereocenters. The van der Waals surface area contributed by atoms with Gasteiger partial charge in [0.15, 0.2) is 11.6 Å². The van der Waals surface area contributed by atoms with Gasteiger partial charge in [0.05, 0.1) is 0 Å². The van der Waals surface area contributed by atoms with E-state index in [0.717, 1.165) is 69.8 Å². The third-order valence-electron chi connectivity index (χ3n) is 14.1. The van der Waals surface area contributed by atoms with Gasteiger partial charge in [-0.25, -0.2) is 15.0 Å². The first-order valence-electron chi connectivity index (χ1n) is 21.2. The van der Waals surface area contributed by atoms with Crippen molar-refractivity contribution in [3.8, 4) is 22.8 Å². The Hall–Kier alpha value is -6.39. The number of fused-ring (bicyclic) bond motifs is 9. The highest BCUT2D eigenvalue weighted by atomic mass is 16.3. The summed E-state index contributed by atoms with van der Waals surface area (Å²) in [6.45, 7) is 9.56. The fraction of sp³-hybridized carbons (Fsp3) is 0.218. The molecule has 0 radical (unpaired) electrons. The summed E-state index contributed by atoms with van der Waals surface area (Å²) in [7, 11) is 0. The second-order valence-electron chi connectivity index (χ2n) is 17.5. The van der Waals surface area contributed by atoms with Crippen LogP contribution in [0.15, 0.2) is 173 Å². The van der Waals surface area contributed by atoms with E-state index in [1.165, 1.54) is 44.5 Å². The van der Waals surface area contributed by atoms with Crippen LogP contribution in [0.25, 0.3) is 50.3 Å². The van der Waals surface area contributed by atoms with E-state index < -0.39 is 0 Å². The number of benzene rings is 6. The van der Waals surface area contributed by atoms with Gasteiger partial charge in [0.1, 0.15) is 17.0 Å². The van der Waals surface area contributed by atoms with Crippen LogP contribution in [0.1, 0.15) is 86.5 Å². The zero-order valence-electron chi connectivity index (χ0n) is 34.1. The van der Waals surface area contributed by atoms with Crippen molar-refractivity contribution in [3.05, 3.63) is 203 Å². The summed E-state index contributed by atoms with van der Waals surface area (Å²) in [4.78, 5) is 16.0. The summed E-state index contributed by atoms with van der Waals surface area (Å²) in [5.41, 5.74) is 14.5. The Labute approximate surface area is 346 Å². The van der Waals surface area contributed by atoms with E-state index in [-0.39, 0.29) is 22.7 Å². The molecule has 2 aromatic heterocycles. The van der Waals surface area contributed by atoms with Crippen molar-refractivity contribution >= 4 is 27.5 Å². The predicted molar refractivity (Wildman–Crippen MR) is 240 cm³/mol. The molecule has 4 nitrogen and oxygen atoms in total. The molecule has 1 fully saturated rings. The van der Waals surface area contributed by atoms with Crippen molar-refractivity contribution in [2.24, 2.45) is 11.8 Å². The minimum atomic E-state index is -0.305. The van der Waals surface area contributed by atoms with Gasteiger partial charge in [-0.2, -0.15) is 0 Å². The molecule has 0 bridgehead atoms. The van der Waals surface area contributed by atoms with Gasteiger partial charge in [0.2, 0.25) is 0 Å². The van der Waals surface area contributed by atoms with E-state index in [0.29, 0.717) is 5.92 Å². The highest BCUT2D eigenvalue weighted by molar-refractivity contribution is 6.05. The Morgan fingerprint density at radius 3 is 1.81 bits per heavy atom. The zero-order valence-corrected chi connectivity index (χ0v) is 34.1. The van der Waals surface area contributed by atoms with Gasteiger partial charge < -0.3 is 4.42 Å². The van der Waals surface area contributed by atoms with Crippen LogP contribution < -0.4 is 0 Å². The van der Waals surface area contributed by atoms with Crippen LogP contribution in [0.5, 0.6) is 0 Å². The number of para-hydroxylation sites is 1. The quantitative estimate of drug-likeness (QED) is 0.175. The lowest BCUT2D eigenvalue weighted by atomic mass is 9.51. The lowest BCUT2D eigenvalue weighted by Crippen LogP contribution is -2.46. The maximum absolute atomic E-state index is 6.27. The third-order valence-corrected chi connectivity index (χ3v) is 14.1. The third kappa shape index (κ3) is 5.38. The van der Waals surface area contributed by atoms with E-state index in [9.17, 15) is 0 Å². The monoisotopic (exact) mass is 765 g/mol. The lowest BCUT2D eigenvalue weighted by Gasteiger charge is -2.51. The maximum Gasteiger partial charge on any atom is 0.163 e. The molecule has 0 N–H and O–H groups in total. The average Bonchev–Trinajstić information content (AvgIpc) is 3.78. The van der Waals surface area contributed by atoms with Crippen LogP contribution in [-0.4, -0.2) is 15.0 Å². The fourth-order valence-corrected chi connectivity index (χ4v) is 11.5. The molecule has 6 aromatic carbocycles. The van der Waals surface area contributed by atoms with Crippen LogP contribution in [-0.2, 0) is 10.8 Å². The van der Waals surface area contributed by atoms with Gasteiger partial charge in [-0.1, -0.05) is 165 Å². The molecule has 0 aliphatic heterocycles. The van der Waals surface area contributed by atoms with Crippen molar-refractivity contribution in [1.82, 2.24) is 15.0 Å². The Kier molecular flexibility index (Phi) is 8.24. The molecule has 2 heterocycles. The molecule has 0 saturated heterocycles. The van der Waals surface area contributed by atoms with Gasteiger partial charge in [0, 0.05) is 38.6 Å². The molecule has 3 aliphatic rings. The number of hydrogen-bond donors (Lipinski definition) is 0. The Balaban J connectivity index is 1.16. The fourth-order valence-electron chi connectivity index (χ4n) is 11.5. The SMILES string of the molecule is CC1=C(/C=C(\C)c2ccc3oc4ccccc4c3c2)C2C(c3nc(-c4ccccc4)nc(-c4ccccc4)n3)CCCC2C12c1ccccc1C(C)(C)c1ccccc12. The normalized spacial score (nSPS) is 20.5. The summed E-state index contributed by atoms with van der Waals surface area (Å²) in [5.74, 6) is 2.92. The lowest BCUT2D eigenvalue weighted by molar-refractivity contribution is 0.194. The number of hydrogen-bond acceptors (Lipinski definition) is 4. The van der Waals surface area contributed by atoms with Gasteiger partial charge in [-0.3, -0.25) is 0 Å². The summed E-state index contributed by atoms with van der Waals surface area (Å²) in [5, 5.41) is 2.30. The topological polar surface area (TPSA) is 51.8 Å². The largest absolute Gasteiger partial charge is 0.456 e. The van der Waals surface area contributed by atoms with E-state index in [1.54, 1.807) is 0 Å². The van der Waals surface area contributed by atoms with E-state index >= 15 is 0 Å². The maximum atomic E-state index is 6.27. The zero-order chi connectivity index (χ0) is 39.9. The number of allylic oxidation sites excluding steroid dienone is 4. The molecule has 3 aliphatic carbocycles. The van der Waals surface area contributed by atoms with E-state index in [1.807, 2.05) is 6.07 Å². The molecular formula is C55H47N3O. The van der Waals surface area contributed by atoms with Crippen molar-refractivity contribution in [2.45, 2.75) is 63.7 Å². The van der Waals surface area contributed by atoms with Gasteiger partial charge in [0.25, 0.3) is 0 Å². The molecular weight excluding hydrogens is 719 g/mol. The Morgan fingerprint density at radius 1 is 0.610 bits per heavy atom. The van der Waals surface area contributed by atoms with Crippen LogP contribution in [0.3, 0.4) is 0 Å². The van der Waals surface area contributed by atoms with Crippen LogP contribution >= 0.6 is 0 Å². The number of rotatable bonds is 5. The smallest absolute Gasteiger partial charge is 0.163 e. The van der Waals surface area contributed by atoms with Crippen molar-refractivity contribution in [1.29, 1.82) is 0 Å². The summed E-state index contributed by atoms with van der Waals surface area (Å²) >= 11 is 0. The molecule has 4 heteroatoms. The van der Waals surface area contributed by atoms with Gasteiger partial charge in [-0.05, 0) is 95.7 Å². The van der Waals surface area contributed by atoms with Crippen molar-refractivity contribution in [2.75, 3.05) is 0 Å². The van der Waals surface area contributed by atoms with Crippen LogP contribution in [0, 0.1) is 11.8 Å². The predicted octanol–water partition coefficient (Wildman–Crippen LogP) is 13.7. The summed E-state index contributed by atoms with van der Waals surface area (Å²) in [6, 6.07) is 54.5. The molecule has 0 amide bonds. The highest BCUT2D eigenvalue weighted by Gasteiger charge is 2.60. The van der Waals surface area contributed by atoms with Crippen molar-refractivity contribution in [3.63, 3.8) is 0 Å². The van der Waals surface area contributed by atoms with E-state index in [4.69, 9.17) is 19.4 Å². The Bertz CT molecular complexity index is 2880.